The molecule has 2 aromatic rings. The van der Waals surface area contributed by atoms with E-state index in [0.717, 1.165) is 49.4 Å². The quantitative estimate of drug-likeness (QED) is 0.405. The number of likely N-dealkylation sites (tertiary alicyclic amines) is 1. The predicted molar refractivity (Wildman–Crippen MR) is 142 cm³/mol. The average Bonchev–Trinajstić information content (AvgIpc) is 3.25. The fourth-order valence-electron chi connectivity index (χ4n) is 5.63. The van der Waals surface area contributed by atoms with E-state index in [-0.39, 0.29) is 30.7 Å². The van der Waals surface area contributed by atoms with Crippen LogP contribution in [0.4, 0.5) is 0 Å². The third-order valence-electron chi connectivity index (χ3n) is 7.75. The molecule has 0 spiro atoms. The van der Waals surface area contributed by atoms with Gasteiger partial charge in [0, 0.05) is 42.1 Å². The Morgan fingerprint density at radius 3 is 2.58 bits per heavy atom. The van der Waals surface area contributed by atoms with Crippen LogP contribution in [0.5, 0.6) is 5.75 Å². The molecular weight excluding hydrogens is 506 g/mol. The smallest absolute Gasteiger partial charge is 0.255 e. The Hall–Kier alpha value is -3.39. The van der Waals surface area contributed by atoms with Crippen molar-refractivity contribution < 1.29 is 23.9 Å². The Labute approximate surface area is 227 Å². The van der Waals surface area contributed by atoms with Crippen LogP contribution in [0.2, 0.25) is 5.02 Å². The van der Waals surface area contributed by atoms with Crippen molar-refractivity contribution in [3.8, 4) is 5.75 Å². The highest BCUT2D eigenvalue weighted by molar-refractivity contribution is 6.30. The number of nitrogens with zero attached hydrogens (tertiary/aromatic N) is 2. The molecule has 0 bridgehead atoms. The molecule has 38 heavy (non-hydrogen) atoms. The van der Waals surface area contributed by atoms with Gasteiger partial charge in [-0.25, -0.2) is 0 Å². The van der Waals surface area contributed by atoms with Gasteiger partial charge >= 0.3 is 0 Å². The zero-order valence-electron chi connectivity index (χ0n) is 21.3. The minimum Gasteiger partial charge on any atom is -0.493 e. The van der Waals surface area contributed by atoms with E-state index in [1.54, 1.807) is 12.1 Å². The maximum absolute atomic E-state index is 13.0. The summed E-state index contributed by atoms with van der Waals surface area (Å²) in [7, 11) is 0. The lowest BCUT2D eigenvalue weighted by Gasteiger charge is -2.32. The summed E-state index contributed by atoms with van der Waals surface area (Å²) in [5.41, 5.74) is 2.54. The lowest BCUT2D eigenvalue weighted by atomic mass is 9.89. The first-order valence-corrected chi connectivity index (χ1v) is 13.7. The van der Waals surface area contributed by atoms with E-state index in [0.29, 0.717) is 36.7 Å². The van der Waals surface area contributed by atoms with Gasteiger partial charge in [0.25, 0.3) is 5.91 Å². The highest BCUT2D eigenvalue weighted by atomic mass is 35.5. The molecule has 9 heteroatoms. The Kier molecular flexibility index (Phi) is 7.98. The second-order valence-electron chi connectivity index (χ2n) is 10.2. The molecular formula is C29H32ClN3O5. The third-order valence-corrected chi connectivity index (χ3v) is 7.98. The molecule has 5 rings (SSSR count). The van der Waals surface area contributed by atoms with Crippen molar-refractivity contribution in [1.82, 2.24) is 15.1 Å². The summed E-state index contributed by atoms with van der Waals surface area (Å²) in [4.78, 5) is 52.9. The van der Waals surface area contributed by atoms with Gasteiger partial charge in [0.2, 0.25) is 17.7 Å². The fourth-order valence-corrected chi connectivity index (χ4v) is 5.83. The highest BCUT2D eigenvalue weighted by Gasteiger charge is 2.40. The van der Waals surface area contributed by atoms with E-state index in [2.05, 4.69) is 11.4 Å². The van der Waals surface area contributed by atoms with E-state index in [1.165, 1.54) is 10.5 Å². The number of piperidine rings is 2. The zero-order chi connectivity index (χ0) is 26.6. The summed E-state index contributed by atoms with van der Waals surface area (Å²) in [6.07, 6.45) is 4.37. The number of carbonyl (C=O) groups is 4. The van der Waals surface area contributed by atoms with Crippen LogP contribution in [0.25, 0.3) is 0 Å². The van der Waals surface area contributed by atoms with Crippen molar-refractivity contribution in [1.29, 1.82) is 0 Å². The molecule has 3 aliphatic rings. The number of imide groups is 1. The van der Waals surface area contributed by atoms with Crippen LogP contribution in [0.3, 0.4) is 0 Å². The van der Waals surface area contributed by atoms with Gasteiger partial charge in [-0.15, -0.1) is 0 Å². The maximum atomic E-state index is 13.0. The fraction of sp³-hybridized carbons (Fsp3) is 0.448. The molecule has 1 N–H and O–H groups in total. The molecule has 3 aliphatic heterocycles. The molecule has 3 heterocycles. The van der Waals surface area contributed by atoms with Gasteiger partial charge in [-0.1, -0.05) is 29.8 Å². The van der Waals surface area contributed by atoms with Gasteiger partial charge in [-0.2, -0.15) is 0 Å². The molecule has 2 saturated heterocycles. The number of fused-ring (bicyclic) bond motifs is 1. The van der Waals surface area contributed by atoms with Crippen LogP contribution >= 0.6 is 11.6 Å². The Balaban J connectivity index is 1.06. The molecule has 0 saturated carbocycles. The van der Waals surface area contributed by atoms with Crippen LogP contribution in [-0.2, 0) is 20.9 Å². The largest absolute Gasteiger partial charge is 0.493 e. The molecule has 0 aliphatic carbocycles. The van der Waals surface area contributed by atoms with Crippen LogP contribution in [0.1, 0.15) is 72.3 Å². The molecule has 200 valence electrons. The molecule has 4 amide bonds. The SMILES string of the molecule is O=C1CCC(N2Cc3c(OCCCCC(=O)N4CCC(c5cccc(Cl)c5)CC4)cccc3C2=O)C(=O)N1. The lowest BCUT2D eigenvalue weighted by molar-refractivity contribution is -0.137. The monoisotopic (exact) mass is 537 g/mol. The number of nitrogens with one attached hydrogen (secondary N) is 1. The molecule has 8 nitrogen and oxygen atoms in total. The summed E-state index contributed by atoms with van der Waals surface area (Å²) in [6.45, 7) is 2.24. The van der Waals surface area contributed by atoms with Crippen molar-refractivity contribution in [2.24, 2.45) is 0 Å². The number of amides is 4. The van der Waals surface area contributed by atoms with Crippen LogP contribution < -0.4 is 10.1 Å². The van der Waals surface area contributed by atoms with Crippen LogP contribution in [0.15, 0.2) is 42.5 Å². The van der Waals surface area contributed by atoms with Crippen LogP contribution in [-0.4, -0.2) is 59.2 Å². The minimum absolute atomic E-state index is 0.181. The first kappa shape index (κ1) is 26.2. The normalized spacial score (nSPS) is 19.9. The van der Waals surface area contributed by atoms with Crippen molar-refractivity contribution in [2.75, 3.05) is 19.7 Å². The summed E-state index contributed by atoms with van der Waals surface area (Å²) in [5.74, 6) is 0.296. The summed E-state index contributed by atoms with van der Waals surface area (Å²) in [5, 5.41) is 3.07. The maximum Gasteiger partial charge on any atom is 0.255 e. The molecule has 1 unspecified atom stereocenters. The number of unbranched alkanes of at least 4 members (excludes halogenated alkanes) is 1. The number of hydrogen-bond acceptors (Lipinski definition) is 5. The second-order valence-corrected chi connectivity index (χ2v) is 10.6. The molecule has 0 aromatic heterocycles. The lowest BCUT2D eigenvalue weighted by Crippen LogP contribution is -2.52. The molecule has 2 fully saturated rings. The van der Waals surface area contributed by atoms with Gasteiger partial charge < -0.3 is 14.5 Å². The van der Waals surface area contributed by atoms with E-state index in [1.807, 2.05) is 29.2 Å². The first-order chi connectivity index (χ1) is 18.4. The van der Waals surface area contributed by atoms with E-state index < -0.39 is 11.9 Å². The molecule has 0 radical (unpaired) electrons. The van der Waals surface area contributed by atoms with Gasteiger partial charge in [-0.3, -0.25) is 24.5 Å². The molecule has 1 atom stereocenters. The number of rotatable bonds is 8. The number of carbonyl (C=O) groups excluding carboxylic acids is 4. The van der Waals surface area contributed by atoms with Gasteiger partial charge in [-0.05, 0) is 67.9 Å². The van der Waals surface area contributed by atoms with E-state index in [9.17, 15) is 19.2 Å². The van der Waals surface area contributed by atoms with Gasteiger partial charge in [0.15, 0.2) is 0 Å². The van der Waals surface area contributed by atoms with Gasteiger partial charge in [0.1, 0.15) is 11.8 Å². The predicted octanol–water partition coefficient (Wildman–Crippen LogP) is 4.06. The number of ether oxygens (including phenoxy) is 1. The third kappa shape index (κ3) is 5.70. The minimum atomic E-state index is -0.651. The zero-order valence-corrected chi connectivity index (χ0v) is 22.0. The first-order valence-electron chi connectivity index (χ1n) is 13.3. The Bertz CT molecular complexity index is 1240. The second kappa shape index (κ2) is 11.6. The number of benzene rings is 2. The van der Waals surface area contributed by atoms with Crippen LogP contribution in [0, 0.1) is 0 Å². The summed E-state index contributed by atoms with van der Waals surface area (Å²) < 4.78 is 6.01. The average molecular weight is 538 g/mol. The Morgan fingerprint density at radius 1 is 1.03 bits per heavy atom. The van der Waals surface area contributed by atoms with Gasteiger partial charge in [0.05, 0.1) is 13.2 Å². The number of halogens is 1. The van der Waals surface area contributed by atoms with E-state index >= 15 is 0 Å². The molecule has 2 aromatic carbocycles. The van der Waals surface area contributed by atoms with Crippen molar-refractivity contribution >= 4 is 35.2 Å². The topological polar surface area (TPSA) is 96.0 Å². The van der Waals surface area contributed by atoms with Crippen molar-refractivity contribution in [3.05, 3.63) is 64.2 Å². The summed E-state index contributed by atoms with van der Waals surface area (Å²) >= 11 is 6.13. The van der Waals surface area contributed by atoms with Crippen molar-refractivity contribution in [2.45, 2.75) is 63.5 Å². The number of hydrogen-bond donors (Lipinski definition) is 1. The van der Waals surface area contributed by atoms with Crippen molar-refractivity contribution in [3.63, 3.8) is 0 Å². The standard InChI is InChI=1S/C29H32ClN3O5/c30-21-6-3-5-20(17-21)19-12-14-32(15-13-19)27(35)9-1-2-16-38-25-8-4-7-22-23(25)18-33(29(22)37)24-10-11-26(34)31-28(24)36/h3-8,17,19,24H,1-2,9-16,18H2,(H,31,34,36). The summed E-state index contributed by atoms with van der Waals surface area (Å²) in [6, 6.07) is 12.7. The highest BCUT2D eigenvalue weighted by Crippen LogP contribution is 2.34. The van der Waals surface area contributed by atoms with E-state index in [4.69, 9.17) is 16.3 Å². The Morgan fingerprint density at radius 2 is 1.82 bits per heavy atom.